The minimum Gasteiger partial charge on any atom is -0.543 e. The molecule has 120 valence electrons. The molecule has 23 heavy (non-hydrogen) atoms. The lowest BCUT2D eigenvalue weighted by Gasteiger charge is -2.18. The number of fused-ring (bicyclic) bond motifs is 3. The summed E-state index contributed by atoms with van der Waals surface area (Å²) in [6, 6.07) is 3.28. The Kier molecular flexibility index (Phi) is 3.17. The third-order valence-electron chi connectivity index (χ3n) is 3.61. The first-order valence-corrected chi connectivity index (χ1v) is 6.45. The second kappa shape index (κ2) is 4.83. The Morgan fingerprint density at radius 3 is 2.65 bits per heavy atom. The zero-order chi connectivity index (χ0) is 16.9. The topological polar surface area (TPSA) is 78.3 Å². The van der Waals surface area contributed by atoms with Crippen molar-refractivity contribution >= 4 is 11.9 Å². The number of aromatic nitrogens is 2. The van der Waals surface area contributed by atoms with Crippen LogP contribution in [-0.4, -0.2) is 33.4 Å². The first-order chi connectivity index (χ1) is 10.7. The molecule has 0 spiro atoms. The third-order valence-corrected chi connectivity index (χ3v) is 3.61. The molecular weight excluding hydrogens is 315 g/mol. The number of carboxylic acids is 1. The predicted octanol–water partition coefficient (Wildman–Crippen LogP) is 0.840. The number of hydrogen-bond acceptors (Lipinski definition) is 4. The van der Waals surface area contributed by atoms with Crippen LogP contribution in [-0.2, 0) is 12.7 Å². The van der Waals surface area contributed by atoms with E-state index in [1.54, 1.807) is 0 Å². The molecule has 0 saturated carbocycles. The number of halogens is 3. The number of carboxylic acid groups (broad SMARTS) is 1. The molecule has 2 heterocycles. The number of alkyl halides is 3. The summed E-state index contributed by atoms with van der Waals surface area (Å²) in [5.41, 5.74) is -2.01. The van der Waals surface area contributed by atoms with Crippen molar-refractivity contribution in [1.82, 2.24) is 14.5 Å². The summed E-state index contributed by atoms with van der Waals surface area (Å²) in [7, 11) is 1.29. The SMILES string of the molecule is CN1Cc2c(C(=O)[O-])ncn2-c2cccc(C(F)(F)F)c2C1=O. The van der Waals surface area contributed by atoms with E-state index >= 15 is 0 Å². The van der Waals surface area contributed by atoms with Crippen molar-refractivity contribution in [3.63, 3.8) is 0 Å². The average Bonchev–Trinajstić information content (AvgIpc) is 2.84. The molecule has 0 atom stereocenters. The lowest BCUT2D eigenvalue weighted by atomic mass is 10.0. The van der Waals surface area contributed by atoms with E-state index in [2.05, 4.69) is 4.98 Å². The van der Waals surface area contributed by atoms with E-state index in [4.69, 9.17) is 0 Å². The molecule has 0 unspecified atom stereocenters. The van der Waals surface area contributed by atoms with Crippen molar-refractivity contribution in [2.45, 2.75) is 12.7 Å². The van der Waals surface area contributed by atoms with E-state index in [9.17, 15) is 27.9 Å². The molecule has 2 aromatic rings. The molecule has 1 aromatic carbocycles. The summed E-state index contributed by atoms with van der Waals surface area (Å²) in [6.07, 6.45) is -3.64. The van der Waals surface area contributed by atoms with Gasteiger partial charge < -0.3 is 14.8 Å². The van der Waals surface area contributed by atoms with Gasteiger partial charge in [-0.2, -0.15) is 13.2 Å². The van der Waals surface area contributed by atoms with Gasteiger partial charge in [0.05, 0.1) is 35.0 Å². The van der Waals surface area contributed by atoms with Gasteiger partial charge in [0.25, 0.3) is 5.91 Å². The largest absolute Gasteiger partial charge is 0.543 e. The molecule has 0 N–H and O–H groups in total. The number of nitrogens with zero attached hydrogens (tertiary/aromatic N) is 3. The summed E-state index contributed by atoms with van der Waals surface area (Å²) in [6.45, 7) is -0.200. The average molecular weight is 324 g/mol. The maximum Gasteiger partial charge on any atom is 0.417 e. The van der Waals surface area contributed by atoms with Gasteiger partial charge in [0.2, 0.25) is 0 Å². The fourth-order valence-corrected chi connectivity index (χ4v) is 2.59. The Labute approximate surface area is 127 Å². The Hall–Kier alpha value is -2.84. The fraction of sp³-hybridized carbons (Fsp3) is 0.214. The van der Waals surface area contributed by atoms with Crippen LogP contribution in [0.5, 0.6) is 0 Å². The van der Waals surface area contributed by atoms with Crippen LogP contribution in [0, 0.1) is 0 Å². The van der Waals surface area contributed by atoms with E-state index in [0.29, 0.717) is 0 Å². The molecule has 9 heteroatoms. The molecule has 3 rings (SSSR count). The number of rotatable bonds is 1. The van der Waals surface area contributed by atoms with E-state index in [1.807, 2.05) is 0 Å². The number of benzene rings is 1. The molecule has 1 amide bonds. The lowest BCUT2D eigenvalue weighted by molar-refractivity contribution is -0.255. The van der Waals surface area contributed by atoms with Crippen LogP contribution in [0.4, 0.5) is 13.2 Å². The summed E-state index contributed by atoms with van der Waals surface area (Å²) in [5.74, 6) is -2.41. The van der Waals surface area contributed by atoms with Crippen molar-refractivity contribution < 1.29 is 27.9 Å². The smallest absolute Gasteiger partial charge is 0.417 e. The molecular formula is C14H9F3N3O3-. The minimum atomic E-state index is -4.72. The van der Waals surface area contributed by atoms with Crippen molar-refractivity contribution in [3.8, 4) is 5.69 Å². The monoisotopic (exact) mass is 324 g/mol. The summed E-state index contributed by atoms with van der Waals surface area (Å²) >= 11 is 0. The van der Waals surface area contributed by atoms with Gasteiger partial charge in [0, 0.05) is 7.05 Å². The highest BCUT2D eigenvalue weighted by Gasteiger charge is 2.39. The molecule has 0 fully saturated rings. The maximum atomic E-state index is 13.2. The van der Waals surface area contributed by atoms with Crippen LogP contribution in [0.3, 0.4) is 0 Å². The number of amides is 1. The van der Waals surface area contributed by atoms with E-state index in [-0.39, 0.29) is 17.9 Å². The second-order valence-corrected chi connectivity index (χ2v) is 5.06. The number of aromatic carboxylic acids is 1. The molecule has 0 bridgehead atoms. The van der Waals surface area contributed by atoms with Crippen LogP contribution in [0.25, 0.3) is 5.69 Å². The van der Waals surface area contributed by atoms with Crippen LogP contribution in [0.2, 0.25) is 0 Å². The van der Waals surface area contributed by atoms with Crippen LogP contribution in [0.1, 0.15) is 32.1 Å². The molecule has 6 nitrogen and oxygen atoms in total. The highest BCUT2D eigenvalue weighted by atomic mass is 19.4. The molecule has 1 aliphatic rings. The number of imidazole rings is 1. The second-order valence-electron chi connectivity index (χ2n) is 5.06. The highest BCUT2D eigenvalue weighted by Crippen LogP contribution is 2.37. The zero-order valence-corrected chi connectivity index (χ0v) is 11.7. The van der Waals surface area contributed by atoms with Crippen molar-refractivity contribution in [3.05, 3.63) is 47.0 Å². The summed E-state index contributed by atoms with van der Waals surface area (Å²) in [5, 5.41) is 11.1. The van der Waals surface area contributed by atoms with Gasteiger partial charge in [0.1, 0.15) is 12.0 Å². The Bertz CT molecular complexity index is 826. The molecule has 0 radical (unpaired) electrons. The number of hydrogen-bond donors (Lipinski definition) is 0. The van der Waals surface area contributed by atoms with Gasteiger partial charge in [0.15, 0.2) is 0 Å². The van der Waals surface area contributed by atoms with Crippen LogP contribution in [0.15, 0.2) is 24.5 Å². The number of carbonyl (C=O) groups is 2. The Morgan fingerprint density at radius 1 is 1.35 bits per heavy atom. The summed E-state index contributed by atoms with van der Waals surface area (Å²) in [4.78, 5) is 28.2. The lowest BCUT2D eigenvalue weighted by Crippen LogP contribution is -2.29. The molecule has 1 aliphatic heterocycles. The van der Waals surface area contributed by atoms with Crippen molar-refractivity contribution in [1.29, 1.82) is 0 Å². The molecule has 1 aromatic heterocycles. The zero-order valence-electron chi connectivity index (χ0n) is 11.7. The van der Waals surface area contributed by atoms with E-state index in [0.717, 1.165) is 23.4 Å². The van der Waals surface area contributed by atoms with Crippen LogP contribution >= 0.6 is 0 Å². The summed E-state index contributed by atoms with van der Waals surface area (Å²) < 4.78 is 40.8. The van der Waals surface area contributed by atoms with Gasteiger partial charge >= 0.3 is 6.18 Å². The normalized spacial score (nSPS) is 14.3. The Balaban J connectivity index is 2.36. The fourth-order valence-electron chi connectivity index (χ4n) is 2.59. The first kappa shape index (κ1) is 15.1. The predicted molar refractivity (Wildman–Crippen MR) is 68.7 cm³/mol. The van der Waals surface area contributed by atoms with Gasteiger partial charge in [-0.3, -0.25) is 9.36 Å². The number of carbonyl (C=O) groups excluding carboxylic acids is 2. The van der Waals surface area contributed by atoms with Crippen molar-refractivity contribution in [2.75, 3.05) is 7.05 Å². The Morgan fingerprint density at radius 2 is 2.04 bits per heavy atom. The standard InChI is InChI=1S/C14H10F3N3O3/c1-19-5-9-11(13(22)23)18-6-20(9)8-4-2-3-7(14(15,16)17)10(8)12(19)21/h2-4,6H,5H2,1H3,(H,22,23)/p-1. The molecule has 0 saturated heterocycles. The maximum absolute atomic E-state index is 13.2. The van der Waals surface area contributed by atoms with Gasteiger partial charge in [-0.25, -0.2) is 4.98 Å². The van der Waals surface area contributed by atoms with Gasteiger partial charge in [-0.05, 0) is 12.1 Å². The first-order valence-electron chi connectivity index (χ1n) is 6.45. The molecule has 0 aliphatic carbocycles. The van der Waals surface area contributed by atoms with Gasteiger partial charge in [-0.15, -0.1) is 0 Å². The third kappa shape index (κ3) is 2.24. The van der Waals surface area contributed by atoms with E-state index < -0.39 is 34.9 Å². The minimum absolute atomic E-state index is 0.0656. The van der Waals surface area contributed by atoms with Crippen LogP contribution < -0.4 is 5.11 Å². The van der Waals surface area contributed by atoms with Crippen molar-refractivity contribution in [2.24, 2.45) is 0 Å². The quantitative estimate of drug-likeness (QED) is 0.779. The van der Waals surface area contributed by atoms with E-state index in [1.165, 1.54) is 17.7 Å². The van der Waals surface area contributed by atoms with Gasteiger partial charge in [-0.1, -0.05) is 6.07 Å². The highest BCUT2D eigenvalue weighted by molar-refractivity contribution is 6.00.